The second-order valence-electron chi connectivity index (χ2n) is 8.30. The first-order valence-corrected chi connectivity index (χ1v) is 11.2. The number of nitrogens with zero attached hydrogens (tertiary/aromatic N) is 3. The molecule has 0 saturated carbocycles. The second-order valence-corrected chi connectivity index (χ2v) is 8.30. The van der Waals surface area contributed by atoms with Crippen LogP contribution in [0.5, 0.6) is 5.75 Å². The summed E-state index contributed by atoms with van der Waals surface area (Å²) in [6.07, 6.45) is 5.94. The number of hydrogen-bond donors (Lipinski definition) is 1. The fourth-order valence-electron chi connectivity index (χ4n) is 4.43. The van der Waals surface area contributed by atoms with Crippen molar-refractivity contribution in [1.29, 1.82) is 0 Å². The number of benzene rings is 1. The van der Waals surface area contributed by atoms with Crippen molar-refractivity contribution in [2.75, 3.05) is 44.4 Å². The fraction of sp³-hybridized carbons (Fsp3) is 0.652. The molecule has 6 nitrogen and oxygen atoms in total. The minimum Gasteiger partial charge on any atom is -0.494 e. The molecule has 3 heterocycles. The minimum atomic E-state index is 0.596. The molecule has 2 aliphatic heterocycles. The highest BCUT2D eigenvalue weighted by atomic mass is 16.5. The van der Waals surface area contributed by atoms with E-state index in [9.17, 15) is 0 Å². The Morgan fingerprint density at radius 3 is 2.83 bits per heavy atom. The first-order chi connectivity index (χ1) is 14.2. The first-order valence-electron chi connectivity index (χ1n) is 11.2. The lowest BCUT2D eigenvalue weighted by atomic mass is 9.99. The van der Waals surface area contributed by atoms with Gasteiger partial charge in [0.2, 0.25) is 5.95 Å². The van der Waals surface area contributed by atoms with Crippen molar-refractivity contribution in [3.05, 3.63) is 23.9 Å². The molecule has 2 fully saturated rings. The van der Waals surface area contributed by atoms with Crippen LogP contribution >= 0.6 is 0 Å². The monoisotopic (exact) mass is 398 g/mol. The minimum absolute atomic E-state index is 0.596. The van der Waals surface area contributed by atoms with Crippen LogP contribution in [0.4, 0.5) is 5.95 Å². The number of fused-ring (bicyclic) bond motifs is 1. The summed E-state index contributed by atoms with van der Waals surface area (Å²) < 4.78 is 11.1. The Kier molecular flexibility index (Phi) is 6.82. The molecule has 29 heavy (non-hydrogen) atoms. The highest BCUT2D eigenvalue weighted by Crippen LogP contribution is 2.25. The summed E-state index contributed by atoms with van der Waals surface area (Å²) in [7, 11) is 0. The summed E-state index contributed by atoms with van der Waals surface area (Å²) >= 11 is 0. The van der Waals surface area contributed by atoms with Crippen LogP contribution in [0.3, 0.4) is 0 Å². The maximum absolute atomic E-state index is 5.63. The molecule has 2 saturated heterocycles. The van der Waals surface area contributed by atoms with Gasteiger partial charge >= 0.3 is 0 Å². The Labute approximate surface area is 174 Å². The van der Waals surface area contributed by atoms with Crippen LogP contribution in [-0.2, 0) is 4.74 Å². The van der Waals surface area contributed by atoms with Gasteiger partial charge in [0.15, 0.2) is 0 Å². The molecule has 4 rings (SSSR count). The zero-order valence-corrected chi connectivity index (χ0v) is 17.8. The number of ether oxygens (including phenoxy) is 2. The maximum Gasteiger partial charge on any atom is 0.226 e. The number of aromatic nitrogens is 2. The van der Waals surface area contributed by atoms with Gasteiger partial charge in [-0.3, -0.25) is 0 Å². The van der Waals surface area contributed by atoms with Gasteiger partial charge in [0.1, 0.15) is 5.75 Å². The Balaban J connectivity index is 1.39. The molecule has 6 heteroatoms. The summed E-state index contributed by atoms with van der Waals surface area (Å²) in [4.78, 5) is 12.1. The van der Waals surface area contributed by atoms with Crippen LogP contribution in [0.2, 0.25) is 0 Å². The third-order valence-corrected chi connectivity index (χ3v) is 6.20. The van der Waals surface area contributed by atoms with E-state index in [1.54, 1.807) is 0 Å². The van der Waals surface area contributed by atoms with Crippen molar-refractivity contribution in [2.24, 2.45) is 5.92 Å². The van der Waals surface area contributed by atoms with E-state index in [4.69, 9.17) is 19.4 Å². The average molecular weight is 399 g/mol. The molecule has 1 aromatic heterocycles. The van der Waals surface area contributed by atoms with E-state index in [1.165, 1.54) is 25.7 Å². The Morgan fingerprint density at radius 2 is 2.00 bits per heavy atom. The van der Waals surface area contributed by atoms with Crippen LogP contribution in [0.1, 0.15) is 44.7 Å². The molecular formula is C23H34N4O2. The molecule has 2 aromatic rings. The van der Waals surface area contributed by atoms with Gasteiger partial charge in [-0.2, -0.15) is 0 Å². The van der Waals surface area contributed by atoms with Crippen molar-refractivity contribution in [1.82, 2.24) is 15.3 Å². The quantitative estimate of drug-likeness (QED) is 0.800. The van der Waals surface area contributed by atoms with Gasteiger partial charge in [-0.15, -0.1) is 0 Å². The van der Waals surface area contributed by atoms with Crippen molar-refractivity contribution in [3.8, 4) is 5.75 Å². The molecule has 2 aliphatic rings. The van der Waals surface area contributed by atoms with Gasteiger partial charge in [-0.1, -0.05) is 0 Å². The highest BCUT2D eigenvalue weighted by Gasteiger charge is 2.21. The van der Waals surface area contributed by atoms with E-state index in [0.29, 0.717) is 12.6 Å². The molecular weight excluding hydrogens is 364 g/mol. The predicted molar refractivity (Wildman–Crippen MR) is 117 cm³/mol. The van der Waals surface area contributed by atoms with Crippen molar-refractivity contribution in [3.63, 3.8) is 0 Å². The number of rotatable bonds is 6. The molecule has 1 N–H and O–H groups in total. The van der Waals surface area contributed by atoms with E-state index in [1.807, 2.05) is 13.0 Å². The molecule has 1 unspecified atom stereocenters. The lowest BCUT2D eigenvalue weighted by Crippen LogP contribution is -2.36. The van der Waals surface area contributed by atoms with Gasteiger partial charge in [-0.25, -0.2) is 9.97 Å². The molecule has 0 bridgehead atoms. The maximum atomic E-state index is 5.63. The van der Waals surface area contributed by atoms with E-state index < -0.39 is 0 Å². The highest BCUT2D eigenvalue weighted by molar-refractivity contribution is 5.83. The lowest BCUT2D eigenvalue weighted by molar-refractivity contribution is 0.0653. The van der Waals surface area contributed by atoms with E-state index >= 15 is 0 Å². The molecule has 0 spiro atoms. The smallest absolute Gasteiger partial charge is 0.226 e. The molecule has 0 amide bonds. The van der Waals surface area contributed by atoms with Crippen molar-refractivity contribution < 1.29 is 9.47 Å². The fourth-order valence-corrected chi connectivity index (χ4v) is 4.43. The third-order valence-electron chi connectivity index (χ3n) is 6.20. The average Bonchev–Trinajstić information content (AvgIpc) is 2.99. The second kappa shape index (κ2) is 9.72. The van der Waals surface area contributed by atoms with Gasteiger partial charge < -0.3 is 19.7 Å². The molecule has 158 valence electrons. The van der Waals surface area contributed by atoms with Gasteiger partial charge in [0, 0.05) is 37.7 Å². The Bertz CT molecular complexity index is 807. The molecule has 1 atom stereocenters. The summed E-state index contributed by atoms with van der Waals surface area (Å²) in [6.45, 7) is 9.75. The Hall–Kier alpha value is -1.92. The Morgan fingerprint density at radius 1 is 1.14 bits per heavy atom. The van der Waals surface area contributed by atoms with Gasteiger partial charge in [0.25, 0.3) is 0 Å². The molecule has 0 aliphatic carbocycles. The summed E-state index contributed by atoms with van der Waals surface area (Å²) in [6, 6.07) is 6.70. The topological polar surface area (TPSA) is 59.5 Å². The van der Waals surface area contributed by atoms with Crippen molar-refractivity contribution >= 4 is 16.9 Å². The molecule has 1 aromatic carbocycles. The van der Waals surface area contributed by atoms with Crippen LogP contribution in [0, 0.1) is 12.8 Å². The van der Waals surface area contributed by atoms with E-state index in [2.05, 4.69) is 29.3 Å². The van der Waals surface area contributed by atoms with Gasteiger partial charge in [-0.05, 0) is 76.6 Å². The normalized spacial score (nSPS) is 21.3. The zero-order valence-electron chi connectivity index (χ0n) is 17.8. The number of aryl methyl sites for hydroxylation is 1. The van der Waals surface area contributed by atoms with Crippen LogP contribution < -0.4 is 15.0 Å². The number of nitrogens with one attached hydrogen (secondary N) is 1. The zero-order chi connectivity index (χ0) is 20.1. The number of anilines is 1. The summed E-state index contributed by atoms with van der Waals surface area (Å²) in [5, 5.41) is 4.90. The summed E-state index contributed by atoms with van der Waals surface area (Å²) in [5.74, 6) is 2.52. The van der Waals surface area contributed by atoms with Crippen LogP contribution in [-0.4, -0.2) is 55.5 Å². The molecule has 0 radical (unpaired) electrons. The van der Waals surface area contributed by atoms with Crippen molar-refractivity contribution in [2.45, 2.75) is 52.0 Å². The van der Waals surface area contributed by atoms with E-state index in [-0.39, 0.29) is 0 Å². The predicted octanol–water partition coefficient (Wildman–Crippen LogP) is 3.71. The standard InChI is InChI=1S/C23H34N4O2/c1-3-29-20-6-7-22-21(15-20)17(2)25-23(26-22)27-11-4-5-19(8-12-27)24-16-18-9-13-28-14-10-18/h6-7,15,18-19,24H,3-5,8-14,16H2,1-2H3. The van der Waals surface area contributed by atoms with Gasteiger partial charge in [0.05, 0.1) is 17.8 Å². The van der Waals surface area contributed by atoms with Crippen LogP contribution in [0.25, 0.3) is 10.9 Å². The largest absolute Gasteiger partial charge is 0.494 e. The SMILES string of the molecule is CCOc1ccc2nc(N3CCCC(NCC4CCOCC4)CC3)nc(C)c2c1. The summed E-state index contributed by atoms with van der Waals surface area (Å²) in [5.41, 5.74) is 2.01. The third kappa shape index (κ3) is 5.17. The number of hydrogen-bond acceptors (Lipinski definition) is 6. The van der Waals surface area contributed by atoms with E-state index in [0.717, 1.165) is 73.5 Å². The first kappa shape index (κ1) is 20.4. The lowest BCUT2D eigenvalue weighted by Gasteiger charge is -2.25. The van der Waals surface area contributed by atoms with Crippen LogP contribution in [0.15, 0.2) is 18.2 Å².